The van der Waals surface area contributed by atoms with Gasteiger partial charge in [0, 0.05) is 25.2 Å². The number of nitrogens with zero attached hydrogens (tertiary/aromatic N) is 2. The molecule has 0 rings (SSSR count). The van der Waals surface area contributed by atoms with Crippen LogP contribution in [0.2, 0.25) is 0 Å². The average molecular weight is 286 g/mol. The predicted octanol–water partition coefficient (Wildman–Crippen LogP) is 3.05. The molecule has 0 bridgehead atoms. The first kappa shape index (κ1) is 18.7. The van der Waals surface area contributed by atoms with Gasteiger partial charge in [-0.25, -0.2) is 4.79 Å². The molecule has 0 radical (unpaired) electrons. The summed E-state index contributed by atoms with van der Waals surface area (Å²) < 4.78 is 0. The lowest BCUT2D eigenvalue weighted by Gasteiger charge is -2.39. The number of urea groups is 1. The van der Waals surface area contributed by atoms with E-state index < -0.39 is 5.97 Å². The molecule has 1 atom stereocenters. The number of carboxylic acid groups (broad SMARTS) is 1. The van der Waals surface area contributed by atoms with Gasteiger partial charge in [-0.05, 0) is 33.6 Å². The lowest BCUT2D eigenvalue weighted by Crippen LogP contribution is -2.53. The van der Waals surface area contributed by atoms with E-state index in [2.05, 4.69) is 13.8 Å². The Labute approximate surface area is 122 Å². The topological polar surface area (TPSA) is 60.9 Å². The average Bonchev–Trinajstić information content (AvgIpc) is 2.33. The Hall–Kier alpha value is -1.26. The van der Waals surface area contributed by atoms with Crippen molar-refractivity contribution >= 4 is 12.0 Å². The second kappa shape index (κ2) is 8.12. The number of carboxylic acids is 1. The van der Waals surface area contributed by atoms with Crippen molar-refractivity contribution in [2.24, 2.45) is 5.92 Å². The zero-order valence-electron chi connectivity index (χ0n) is 13.8. The second-order valence-corrected chi connectivity index (χ2v) is 6.30. The van der Waals surface area contributed by atoms with Crippen LogP contribution in [0.3, 0.4) is 0 Å². The molecule has 1 N–H and O–H groups in total. The Morgan fingerprint density at radius 1 is 1.20 bits per heavy atom. The van der Waals surface area contributed by atoms with Crippen LogP contribution in [0.1, 0.15) is 54.4 Å². The molecule has 0 spiro atoms. The molecule has 0 fully saturated rings. The molecule has 0 saturated heterocycles. The Bertz CT molecular complexity index is 324. The molecule has 5 heteroatoms. The highest BCUT2D eigenvalue weighted by atomic mass is 16.4. The summed E-state index contributed by atoms with van der Waals surface area (Å²) >= 11 is 0. The van der Waals surface area contributed by atoms with Crippen molar-refractivity contribution in [1.82, 2.24) is 9.80 Å². The summed E-state index contributed by atoms with van der Waals surface area (Å²) in [6.07, 6.45) is 0.998. The van der Waals surface area contributed by atoms with E-state index in [4.69, 9.17) is 5.11 Å². The van der Waals surface area contributed by atoms with E-state index in [0.29, 0.717) is 19.0 Å². The summed E-state index contributed by atoms with van der Waals surface area (Å²) in [6, 6.07) is -0.0680. The van der Waals surface area contributed by atoms with Gasteiger partial charge in [0.05, 0.1) is 6.42 Å². The summed E-state index contributed by atoms with van der Waals surface area (Å²) in [7, 11) is 0. The summed E-state index contributed by atoms with van der Waals surface area (Å²) in [5.74, 6) is -0.433. The van der Waals surface area contributed by atoms with Crippen LogP contribution in [0, 0.1) is 5.92 Å². The van der Waals surface area contributed by atoms with Crippen LogP contribution in [0.4, 0.5) is 4.79 Å². The van der Waals surface area contributed by atoms with Gasteiger partial charge in [0.15, 0.2) is 0 Å². The van der Waals surface area contributed by atoms with Crippen molar-refractivity contribution in [3.05, 3.63) is 0 Å². The van der Waals surface area contributed by atoms with Gasteiger partial charge in [-0.2, -0.15) is 0 Å². The van der Waals surface area contributed by atoms with E-state index in [-0.39, 0.29) is 24.5 Å². The molecular weight excluding hydrogens is 256 g/mol. The molecule has 2 amide bonds. The van der Waals surface area contributed by atoms with Crippen LogP contribution < -0.4 is 0 Å². The van der Waals surface area contributed by atoms with E-state index in [1.54, 1.807) is 9.80 Å². The van der Waals surface area contributed by atoms with Gasteiger partial charge in [0.1, 0.15) is 0 Å². The third kappa shape index (κ3) is 6.26. The minimum atomic E-state index is -0.878. The molecule has 0 aliphatic carbocycles. The molecule has 5 nitrogen and oxygen atoms in total. The molecule has 0 aromatic carbocycles. The first-order valence-electron chi connectivity index (χ1n) is 7.41. The molecule has 0 aromatic rings. The van der Waals surface area contributed by atoms with E-state index >= 15 is 0 Å². The van der Waals surface area contributed by atoms with Crippen molar-refractivity contribution in [2.45, 2.75) is 59.9 Å². The standard InChI is InChI=1S/C15H30N2O3/c1-7-12(3)11-16(8-2)14(20)17(15(4,5)6)10-9-13(18)19/h12H,7-11H2,1-6H3,(H,18,19). The fourth-order valence-corrected chi connectivity index (χ4v) is 1.94. The van der Waals surface area contributed by atoms with Crippen LogP contribution in [-0.2, 0) is 4.79 Å². The Morgan fingerprint density at radius 2 is 1.75 bits per heavy atom. The highest BCUT2D eigenvalue weighted by Gasteiger charge is 2.30. The van der Waals surface area contributed by atoms with Crippen LogP contribution in [0.15, 0.2) is 0 Å². The molecule has 118 valence electrons. The van der Waals surface area contributed by atoms with Crippen molar-refractivity contribution in [2.75, 3.05) is 19.6 Å². The largest absolute Gasteiger partial charge is 0.481 e. The highest BCUT2D eigenvalue weighted by molar-refractivity contribution is 5.76. The van der Waals surface area contributed by atoms with Crippen molar-refractivity contribution < 1.29 is 14.7 Å². The number of rotatable bonds is 7. The fourth-order valence-electron chi connectivity index (χ4n) is 1.94. The van der Waals surface area contributed by atoms with Crippen molar-refractivity contribution in [1.29, 1.82) is 0 Å². The summed E-state index contributed by atoms with van der Waals surface area (Å²) in [5, 5.41) is 8.84. The quantitative estimate of drug-likeness (QED) is 0.782. The summed E-state index contributed by atoms with van der Waals surface area (Å²) in [5.41, 5.74) is -0.380. The van der Waals surface area contributed by atoms with Gasteiger partial charge in [-0.1, -0.05) is 20.3 Å². The molecule has 0 heterocycles. The maximum Gasteiger partial charge on any atom is 0.320 e. The molecule has 0 aliphatic rings. The number of carbonyl (C=O) groups is 2. The van der Waals surface area contributed by atoms with E-state index in [1.165, 1.54) is 0 Å². The zero-order valence-corrected chi connectivity index (χ0v) is 13.8. The summed E-state index contributed by atoms with van der Waals surface area (Å²) in [6.45, 7) is 13.6. The van der Waals surface area contributed by atoms with Crippen LogP contribution in [0.25, 0.3) is 0 Å². The van der Waals surface area contributed by atoms with Gasteiger partial charge in [-0.3, -0.25) is 4.79 Å². The smallest absolute Gasteiger partial charge is 0.320 e. The SMILES string of the molecule is CCC(C)CN(CC)C(=O)N(CCC(=O)O)C(C)(C)C. The Balaban J connectivity index is 4.94. The molecule has 0 saturated carbocycles. The van der Waals surface area contributed by atoms with Crippen LogP contribution in [0.5, 0.6) is 0 Å². The third-order valence-corrected chi connectivity index (χ3v) is 3.47. The fraction of sp³-hybridized carbons (Fsp3) is 0.867. The number of hydrogen-bond donors (Lipinski definition) is 1. The Kier molecular flexibility index (Phi) is 7.61. The highest BCUT2D eigenvalue weighted by Crippen LogP contribution is 2.17. The zero-order chi connectivity index (χ0) is 15.9. The van der Waals surface area contributed by atoms with Gasteiger partial charge in [0.25, 0.3) is 0 Å². The van der Waals surface area contributed by atoms with Gasteiger partial charge in [0.2, 0.25) is 0 Å². The minimum absolute atomic E-state index is 0.0239. The van der Waals surface area contributed by atoms with Crippen LogP contribution >= 0.6 is 0 Å². The minimum Gasteiger partial charge on any atom is -0.481 e. The number of carbonyl (C=O) groups excluding carboxylic acids is 1. The number of hydrogen-bond acceptors (Lipinski definition) is 2. The van der Waals surface area contributed by atoms with Crippen molar-refractivity contribution in [3.8, 4) is 0 Å². The number of amides is 2. The molecular formula is C15H30N2O3. The van der Waals surface area contributed by atoms with Crippen molar-refractivity contribution in [3.63, 3.8) is 0 Å². The molecule has 0 aliphatic heterocycles. The first-order valence-corrected chi connectivity index (χ1v) is 7.41. The summed E-state index contributed by atoms with van der Waals surface area (Å²) in [4.78, 5) is 26.9. The van der Waals surface area contributed by atoms with E-state index in [9.17, 15) is 9.59 Å². The molecule has 20 heavy (non-hydrogen) atoms. The second-order valence-electron chi connectivity index (χ2n) is 6.30. The number of aliphatic carboxylic acids is 1. The third-order valence-electron chi connectivity index (χ3n) is 3.47. The maximum atomic E-state index is 12.6. The van der Waals surface area contributed by atoms with Gasteiger partial charge < -0.3 is 14.9 Å². The van der Waals surface area contributed by atoms with Gasteiger partial charge >= 0.3 is 12.0 Å². The van der Waals surface area contributed by atoms with E-state index in [1.807, 2.05) is 27.7 Å². The predicted molar refractivity (Wildman–Crippen MR) is 80.8 cm³/mol. The molecule has 0 aromatic heterocycles. The van der Waals surface area contributed by atoms with Crippen LogP contribution in [-0.4, -0.2) is 52.1 Å². The normalized spacial score (nSPS) is 12.9. The Morgan fingerprint density at radius 3 is 2.10 bits per heavy atom. The first-order chi connectivity index (χ1) is 9.13. The lowest BCUT2D eigenvalue weighted by atomic mass is 10.1. The lowest BCUT2D eigenvalue weighted by molar-refractivity contribution is -0.137. The maximum absolute atomic E-state index is 12.6. The van der Waals surface area contributed by atoms with Gasteiger partial charge in [-0.15, -0.1) is 0 Å². The molecule has 1 unspecified atom stereocenters. The van der Waals surface area contributed by atoms with E-state index in [0.717, 1.165) is 6.42 Å². The monoisotopic (exact) mass is 286 g/mol.